The second-order valence-corrected chi connectivity index (χ2v) is 7.19. The fourth-order valence-electron chi connectivity index (χ4n) is 3.36. The maximum Gasteiger partial charge on any atom is 0.130 e. The van der Waals surface area contributed by atoms with E-state index in [9.17, 15) is 5.11 Å². The summed E-state index contributed by atoms with van der Waals surface area (Å²) in [4.78, 5) is 4.63. The van der Waals surface area contributed by atoms with E-state index in [1.54, 1.807) is 38.5 Å². The Labute approximate surface area is 187 Å². The Morgan fingerprint density at radius 2 is 1.59 bits per heavy atom. The second-order valence-electron chi connectivity index (χ2n) is 7.19. The summed E-state index contributed by atoms with van der Waals surface area (Å²) in [6.07, 6.45) is -0.904. The van der Waals surface area contributed by atoms with Gasteiger partial charge in [0.05, 0.1) is 25.4 Å². The van der Waals surface area contributed by atoms with Crippen molar-refractivity contribution in [3.63, 3.8) is 0 Å². The third-order valence-corrected chi connectivity index (χ3v) is 5.05. The molecular formula is C26H25NO5. The van der Waals surface area contributed by atoms with E-state index in [0.29, 0.717) is 35.2 Å². The Morgan fingerprint density at radius 3 is 2.44 bits per heavy atom. The van der Waals surface area contributed by atoms with E-state index in [0.717, 1.165) is 16.6 Å². The average Bonchev–Trinajstić information content (AvgIpc) is 2.85. The summed E-state index contributed by atoms with van der Waals surface area (Å²) in [6, 6.07) is 24.5. The molecule has 32 heavy (non-hydrogen) atoms. The smallest absolute Gasteiger partial charge is 0.130 e. The molecule has 4 rings (SSSR count). The lowest BCUT2D eigenvalue weighted by atomic mass is 10.1. The van der Waals surface area contributed by atoms with Crippen LogP contribution in [0.25, 0.3) is 10.9 Å². The lowest BCUT2D eigenvalue weighted by molar-refractivity contribution is 0.105. The summed E-state index contributed by atoms with van der Waals surface area (Å²) in [7, 11) is 3.16. The first kappa shape index (κ1) is 21.5. The topological polar surface area (TPSA) is 70.0 Å². The van der Waals surface area contributed by atoms with E-state index in [1.807, 2.05) is 54.6 Å². The number of methoxy groups -OCH3 is 2. The first-order chi connectivity index (χ1) is 15.7. The fraction of sp³-hybridized carbons (Fsp3) is 0.192. The molecule has 3 aromatic carbocycles. The predicted octanol–water partition coefficient (Wildman–Crippen LogP) is 4.94. The van der Waals surface area contributed by atoms with Crippen molar-refractivity contribution >= 4 is 10.9 Å². The number of aliphatic hydroxyl groups excluding tert-OH is 1. The van der Waals surface area contributed by atoms with Gasteiger partial charge in [-0.25, -0.2) is 4.98 Å². The van der Waals surface area contributed by atoms with Gasteiger partial charge in [0.2, 0.25) is 0 Å². The molecule has 1 heterocycles. The largest absolute Gasteiger partial charge is 0.497 e. The molecule has 0 aliphatic carbocycles. The molecule has 6 heteroatoms. The molecule has 0 fully saturated rings. The van der Waals surface area contributed by atoms with Gasteiger partial charge in [-0.3, -0.25) is 0 Å². The van der Waals surface area contributed by atoms with Crippen LogP contribution in [-0.2, 0) is 6.61 Å². The number of fused-ring (bicyclic) bond motifs is 1. The summed E-state index contributed by atoms with van der Waals surface area (Å²) in [5.74, 6) is 2.46. The number of rotatable bonds is 9. The molecule has 0 radical (unpaired) electrons. The standard InChI is InChI=1S/C26H25NO5/c1-29-20-7-5-8-21(14-20)32-17-25(28)23-15-22(12-13-26(23)30-2)31-16-19-11-10-18-6-3-4-9-24(18)27-19/h3-15,25,28H,16-17H2,1-2H3. The number of para-hydroxylation sites is 1. The minimum atomic E-state index is -0.904. The number of hydrogen-bond acceptors (Lipinski definition) is 6. The molecule has 0 amide bonds. The number of aromatic nitrogens is 1. The van der Waals surface area contributed by atoms with Crippen LogP contribution in [0.1, 0.15) is 17.4 Å². The minimum Gasteiger partial charge on any atom is -0.497 e. The molecule has 0 aliphatic heterocycles. The molecule has 0 aliphatic rings. The number of benzene rings is 3. The van der Waals surface area contributed by atoms with E-state index in [4.69, 9.17) is 18.9 Å². The molecule has 6 nitrogen and oxygen atoms in total. The van der Waals surface area contributed by atoms with Crippen molar-refractivity contribution in [1.29, 1.82) is 0 Å². The second kappa shape index (κ2) is 10.0. The van der Waals surface area contributed by atoms with Crippen LogP contribution in [0.4, 0.5) is 0 Å². The van der Waals surface area contributed by atoms with Crippen molar-refractivity contribution in [3.8, 4) is 23.0 Å². The minimum absolute atomic E-state index is 0.0548. The number of nitrogens with zero attached hydrogens (tertiary/aromatic N) is 1. The van der Waals surface area contributed by atoms with Gasteiger partial charge in [0.15, 0.2) is 0 Å². The van der Waals surface area contributed by atoms with Gasteiger partial charge in [-0.2, -0.15) is 0 Å². The van der Waals surface area contributed by atoms with E-state index in [1.165, 1.54) is 0 Å². The number of aliphatic hydroxyl groups is 1. The monoisotopic (exact) mass is 431 g/mol. The van der Waals surface area contributed by atoms with Crippen LogP contribution in [0.15, 0.2) is 78.9 Å². The van der Waals surface area contributed by atoms with E-state index >= 15 is 0 Å². The zero-order chi connectivity index (χ0) is 22.3. The van der Waals surface area contributed by atoms with Crippen LogP contribution < -0.4 is 18.9 Å². The van der Waals surface area contributed by atoms with Gasteiger partial charge in [-0.1, -0.05) is 30.3 Å². The van der Waals surface area contributed by atoms with Gasteiger partial charge in [-0.05, 0) is 42.5 Å². The molecule has 0 saturated heterocycles. The maximum absolute atomic E-state index is 10.7. The highest BCUT2D eigenvalue weighted by molar-refractivity contribution is 5.78. The molecule has 164 valence electrons. The number of hydrogen-bond donors (Lipinski definition) is 1. The van der Waals surface area contributed by atoms with Crippen LogP contribution in [0.3, 0.4) is 0 Å². The number of ether oxygens (including phenoxy) is 4. The maximum atomic E-state index is 10.7. The van der Waals surface area contributed by atoms with Gasteiger partial charge in [0, 0.05) is 17.0 Å². The van der Waals surface area contributed by atoms with E-state index in [-0.39, 0.29) is 6.61 Å². The molecule has 1 atom stereocenters. The zero-order valence-electron chi connectivity index (χ0n) is 18.0. The SMILES string of the molecule is COc1cccc(OCC(O)c2cc(OCc3ccc4ccccc4n3)ccc2OC)c1. The summed E-state index contributed by atoms with van der Waals surface area (Å²) >= 11 is 0. The first-order valence-electron chi connectivity index (χ1n) is 10.3. The van der Waals surface area contributed by atoms with Gasteiger partial charge in [-0.15, -0.1) is 0 Å². The lowest BCUT2D eigenvalue weighted by Crippen LogP contribution is -2.11. The van der Waals surface area contributed by atoms with Gasteiger partial charge in [0.25, 0.3) is 0 Å². The summed E-state index contributed by atoms with van der Waals surface area (Å²) in [6.45, 7) is 0.367. The van der Waals surface area contributed by atoms with Crippen LogP contribution in [0.2, 0.25) is 0 Å². The van der Waals surface area contributed by atoms with Crippen molar-refractivity contribution in [1.82, 2.24) is 4.98 Å². The Bertz CT molecular complexity index is 1190. The van der Waals surface area contributed by atoms with Crippen molar-refractivity contribution in [3.05, 3.63) is 90.1 Å². The average molecular weight is 431 g/mol. The molecule has 4 aromatic rings. The Hall–Kier alpha value is -3.77. The molecule has 1 unspecified atom stereocenters. The summed E-state index contributed by atoms with van der Waals surface area (Å²) in [5.41, 5.74) is 2.33. The molecule has 0 bridgehead atoms. The van der Waals surface area contributed by atoms with Crippen molar-refractivity contribution in [2.24, 2.45) is 0 Å². The van der Waals surface area contributed by atoms with Gasteiger partial charge in [0.1, 0.15) is 42.3 Å². The number of pyridine rings is 1. The molecule has 1 N–H and O–H groups in total. The Kier molecular flexibility index (Phi) is 6.72. The Balaban J connectivity index is 1.44. The van der Waals surface area contributed by atoms with E-state index in [2.05, 4.69) is 4.98 Å². The molecule has 0 spiro atoms. The zero-order valence-corrected chi connectivity index (χ0v) is 18.0. The highest BCUT2D eigenvalue weighted by Crippen LogP contribution is 2.31. The van der Waals surface area contributed by atoms with Crippen molar-refractivity contribution in [2.75, 3.05) is 20.8 Å². The van der Waals surface area contributed by atoms with E-state index < -0.39 is 6.10 Å². The highest BCUT2D eigenvalue weighted by atomic mass is 16.5. The highest BCUT2D eigenvalue weighted by Gasteiger charge is 2.16. The quantitative estimate of drug-likeness (QED) is 0.405. The molecular weight excluding hydrogens is 406 g/mol. The van der Waals surface area contributed by atoms with Crippen LogP contribution >= 0.6 is 0 Å². The predicted molar refractivity (Wildman–Crippen MR) is 123 cm³/mol. The molecule has 0 saturated carbocycles. The molecule has 1 aromatic heterocycles. The van der Waals surface area contributed by atoms with Crippen molar-refractivity contribution in [2.45, 2.75) is 12.7 Å². The normalized spacial score (nSPS) is 11.7. The first-order valence-corrected chi connectivity index (χ1v) is 10.3. The summed E-state index contributed by atoms with van der Waals surface area (Å²) in [5, 5.41) is 11.8. The third kappa shape index (κ3) is 5.10. The third-order valence-electron chi connectivity index (χ3n) is 5.05. The van der Waals surface area contributed by atoms with Crippen LogP contribution in [0.5, 0.6) is 23.0 Å². The summed E-state index contributed by atoms with van der Waals surface area (Å²) < 4.78 is 22.3. The van der Waals surface area contributed by atoms with Crippen molar-refractivity contribution < 1.29 is 24.1 Å². The van der Waals surface area contributed by atoms with Gasteiger partial charge >= 0.3 is 0 Å². The van der Waals surface area contributed by atoms with Crippen LogP contribution in [0, 0.1) is 0 Å². The fourth-order valence-corrected chi connectivity index (χ4v) is 3.36. The lowest BCUT2D eigenvalue weighted by Gasteiger charge is -2.17. The van der Waals surface area contributed by atoms with Gasteiger partial charge < -0.3 is 24.1 Å². The Morgan fingerprint density at radius 1 is 0.781 bits per heavy atom. The van der Waals surface area contributed by atoms with Crippen LogP contribution in [-0.4, -0.2) is 30.9 Å².